The van der Waals surface area contributed by atoms with E-state index in [4.69, 9.17) is 0 Å². The summed E-state index contributed by atoms with van der Waals surface area (Å²) >= 11 is 0. The van der Waals surface area contributed by atoms with Crippen molar-refractivity contribution in [1.29, 1.82) is 0 Å². The predicted octanol–water partition coefficient (Wildman–Crippen LogP) is 1.36. The van der Waals surface area contributed by atoms with Gasteiger partial charge in [0, 0.05) is 12.3 Å². The molecule has 2 saturated carbocycles. The molecule has 2 rings (SSSR count). The van der Waals surface area contributed by atoms with Crippen LogP contribution in [0.4, 0.5) is 0 Å². The average molecular weight is 273 g/mol. The van der Waals surface area contributed by atoms with E-state index in [0.29, 0.717) is 5.92 Å². The van der Waals surface area contributed by atoms with Gasteiger partial charge in [-0.2, -0.15) is 0 Å². The maximum atomic E-state index is 11.9. The van der Waals surface area contributed by atoms with Crippen LogP contribution in [0, 0.1) is 17.8 Å². The zero-order chi connectivity index (χ0) is 13.5. The molecule has 2 fully saturated rings. The molecule has 0 unspecified atom stereocenters. The quantitative estimate of drug-likeness (QED) is 0.841. The maximum Gasteiger partial charge on any atom is 0.238 e. The molecule has 0 aromatic heterocycles. The van der Waals surface area contributed by atoms with Crippen molar-refractivity contribution in [3.8, 4) is 0 Å². The van der Waals surface area contributed by atoms with Crippen molar-refractivity contribution in [3.63, 3.8) is 0 Å². The molecule has 5 atom stereocenters. The molecule has 4 nitrogen and oxygen atoms in total. The second-order valence-corrected chi connectivity index (χ2v) is 8.47. The van der Waals surface area contributed by atoms with Crippen LogP contribution in [0.25, 0.3) is 0 Å². The molecule has 1 amide bonds. The van der Waals surface area contributed by atoms with Gasteiger partial charge in [0.2, 0.25) is 5.91 Å². The standard InChI is InChI=1S/C13H23NO3S/c1-8(12-7-10-4-5-11(12)6-10)14-13(15)9(2)18(3,16)17/h8-12H,4-7H2,1-3H3,(H,14,15)/t8-,9-,10-,11-,12+/m0/s1. The summed E-state index contributed by atoms with van der Waals surface area (Å²) in [6.45, 7) is 3.47. The van der Waals surface area contributed by atoms with E-state index in [2.05, 4.69) is 5.32 Å². The lowest BCUT2D eigenvalue weighted by atomic mass is 9.84. The highest BCUT2D eigenvalue weighted by Crippen LogP contribution is 2.49. The Morgan fingerprint density at radius 2 is 1.89 bits per heavy atom. The largest absolute Gasteiger partial charge is 0.352 e. The number of rotatable bonds is 4. The Kier molecular flexibility index (Phi) is 3.72. The summed E-state index contributed by atoms with van der Waals surface area (Å²) in [5.74, 6) is 1.76. The summed E-state index contributed by atoms with van der Waals surface area (Å²) in [5.41, 5.74) is 0. The van der Waals surface area contributed by atoms with E-state index in [-0.39, 0.29) is 11.9 Å². The van der Waals surface area contributed by atoms with Crippen molar-refractivity contribution in [2.75, 3.05) is 6.26 Å². The molecule has 104 valence electrons. The van der Waals surface area contributed by atoms with Gasteiger partial charge in [-0.3, -0.25) is 4.79 Å². The van der Waals surface area contributed by atoms with Gasteiger partial charge >= 0.3 is 0 Å². The SMILES string of the molecule is C[C@H](NC(=O)[C@H](C)S(C)(=O)=O)[C@H]1C[C@H]2CC[C@H]1C2. The lowest BCUT2D eigenvalue weighted by Crippen LogP contribution is -2.45. The molecule has 1 N–H and O–H groups in total. The highest BCUT2D eigenvalue weighted by molar-refractivity contribution is 7.92. The number of sulfone groups is 1. The molecule has 2 bridgehead atoms. The van der Waals surface area contributed by atoms with E-state index in [9.17, 15) is 13.2 Å². The van der Waals surface area contributed by atoms with Gasteiger partial charge in [-0.25, -0.2) is 8.42 Å². The first-order valence-electron chi connectivity index (χ1n) is 6.78. The van der Waals surface area contributed by atoms with Crippen molar-refractivity contribution in [1.82, 2.24) is 5.32 Å². The van der Waals surface area contributed by atoms with Crippen molar-refractivity contribution in [2.24, 2.45) is 17.8 Å². The fraction of sp³-hybridized carbons (Fsp3) is 0.923. The van der Waals surface area contributed by atoms with Crippen LogP contribution in [0.1, 0.15) is 39.5 Å². The normalized spacial score (nSPS) is 34.3. The lowest BCUT2D eigenvalue weighted by Gasteiger charge is -2.29. The summed E-state index contributed by atoms with van der Waals surface area (Å²) in [6.07, 6.45) is 6.21. The Morgan fingerprint density at radius 1 is 1.22 bits per heavy atom. The molecule has 0 radical (unpaired) electrons. The second kappa shape index (κ2) is 4.83. The first kappa shape index (κ1) is 13.8. The number of hydrogen-bond acceptors (Lipinski definition) is 3. The number of fused-ring (bicyclic) bond motifs is 2. The van der Waals surface area contributed by atoms with Crippen molar-refractivity contribution in [3.05, 3.63) is 0 Å². The number of carbonyl (C=O) groups excluding carboxylic acids is 1. The van der Waals surface area contributed by atoms with Crippen molar-refractivity contribution in [2.45, 2.75) is 50.8 Å². The summed E-state index contributed by atoms with van der Waals surface area (Å²) < 4.78 is 22.7. The van der Waals surface area contributed by atoms with Crippen molar-refractivity contribution < 1.29 is 13.2 Å². The number of nitrogens with one attached hydrogen (secondary N) is 1. The van der Waals surface area contributed by atoms with Crippen molar-refractivity contribution >= 4 is 15.7 Å². The molecule has 0 saturated heterocycles. The molecule has 18 heavy (non-hydrogen) atoms. The van der Waals surface area contributed by atoms with Crippen LogP contribution in [0.15, 0.2) is 0 Å². The molecule has 0 spiro atoms. The zero-order valence-corrected chi connectivity index (χ0v) is 12.2. The third-order valence-corrected chi connectivity index (χ3v) is 6.31. The summed E-state index contributed by atoms with van der Waals surface area (Å²) in [6, 6.07) is 0.0944. The molecule has 0 heterocycles. The van der Waals surface area contributed by atoms with E-state index >= 15 is 0 Å². The topological polar surface area (TPSA) is 63.2 Å². The van der Waals surface area contributed by atoms with Crippen LogP contribution < -0.4 is 5.32 Å². The van der Waals surface area contributed by atoms with Gasteiger partial charge in [-0.05, 0) is 50.9 Å². The van der Waals surface area contributed by atoms with Gasteiger partial charge in [-0.15, -0.1) is 0 Å². The Labute approximate surface area is 109 Å². The molecule has 2 aliphatic carbocycles. The zero-order valence-electron chi connectivity index (χ0n) is 11.3. The summed E-state index contributed by atoms with van der Waals surface area (Å²) in [7, 11) is -3.29. The highest BCUT2D eigenvalue weighted by atomic mass is 32.2. The third kappa shape index (κ3) is 2.71. The molecular weight excluding hydrogens is 250 g/mol. The van der Waals surface area contributed by atoms with Gasteiger partial charge < -0.3 is 5.32 Å². The molecule has 2 aliphatic rings. The van der Waals surface area contributed by atoms with Gasteiger partial charge in [-0.1, -0.05) is 6.42 Å². The van der Waals surface area contributed by atoms with Gasteiger partial charge in [0.1, 0.15) is 5.25 Å². The Hall–Kier alpha value is -0.580. The molecular formula is C13H23NO3S. The molecule has 5 heteroatoms. The van der Waals surface area contributed by atoms with Crippen LogP contribution >= 0.6 is 0 Å². The average Bonchev–Trinajstić information content (AvgIpc) is 2.88. The third-order valence-electron chi connectivity index (χ3n) is 4.82. The van der Waals surface area contributed by atoms with Gasteiger partial charge in [0.15, 0.2) is 9.84 Å². The minimum Gasteiger partial charge on any atom is -0.352 e. The second-order valence-electron chi connectivity index (χ2n) is 6.11. The van der Waals surface area contributed by atoms with Gasteiger partial charge in [0.25, 0.3) is 0 Å². The summed E-state index contributed by atoms with van der Waals surface area (Å²) in [5, 5.41) is 1.95. The smallest absolute Gasteiger partial charge is 0.238 e. The van der Waals surface area contributed by atoms with E-state index in [1.807, 2.05) is 6.92 Å². The summed E-state index contributed by atoms with van der Waals surface area (Å²) in [4.78, 5) is 11.9. The monoisotopic (exact) mass is 273 g/mol. The van der Waals surface area contributed by atoms with Crippen LogP contribution in [0.3, 0.4) is 0 Å². The minimum atomic E-state index is -3.29. The van der Waals surface area contributed by atoms with Crippen LogP contribution in [-0.2, 0) is 14.6 Å². The van der Waals surface area contributed by atoms with E-state index < -0.39 is 15.1 Å². The first-order valence-corrected chi connectivity index (χ1v) is 8.73. The van der Waals surface area contributed by atoms with E-state index in [1.54, 1.807) is 0 Å². The van der Waals surface area contributed by atoms with Crippen LogP contribution in [0.2, 0.25) is 0 Å². The molecule has 0 aliphatic heterocycles. The first-order chi connectivity index (χ1) is 8.29. The maximum absolute atomic E-state index is 11.9. The van der Waals surface area contributed by atoms with Crippen LogP contribution in [-0.4, -0.2) is 31.9 Å². The molecule has 0 aromatic rings. The Bertz CT molecular complexity index is 432. The Morgan fingerprint density at radius 3 is 2.33 bits per heavy atom. The van der Waals surface area contributed by atoms with E-state index in [0.717, 1.165) is 18.1 Å². The van der Waals surface area contributed by atoms with Gasteiger partial charge in [0.05, 0.1) is 0 Å². The lowest BCUT2D eigenvalue weighted by molar-refractivity contribution is -0.121. The van der Waals surface area contributed by atoms with E-state index in [1.165, 1.54) is 32.6 Å². The fourth-order valence-electron chi connectivity index (χ4n) is 3.55. The predicted molar refractivity (Wildman–Crippen MR) is 70.8 cm³/mol. The molecule has 0 aromatic carbocycles. The van der Waals surface area contributed by atoms with Crippen LogP contribution in [0.5, 0.6) is 0 Å². The number of hydrogen-bond donors (Lipinski definition) is 1. The minimum absolute atomic E-state index is 0.0944. The Balaban J connectivity index is 1.92. The number of amides is 1. The fourth-order valence-corrected chi connectivity index (χ4v) is 4.01. The number of carbonyl (C=O) groups is 1. The highest BCUT2D eigenvalue weighted by Gasteiger charge is 2.42.